The molecule has 4 aromatic rings. The lowest BCUT2D eigenvalue weighted by atomic mass is 10.2. The van der Waals surface area contributed by atoms with Gasteiger partial charge in [0.2, 0.25) is 5.95 Å². The largest absolute Gasteiger partial charge is 0.440 e. The molecule has 1 amide bonds. The molecule has 4 aromatic heterocycles. The van der Waals surface area contributed by atoms with E-state index in [1.54, 1.807) is 23.3 Å². The van der Waals surface area contributed by atoms with Crippen LogP contribution < -0.4 is 10.6 Å². The van der Waals surface area contributed by atoms with Gasteiger partial charge in [-0.2, -0.15) is 5.10 Å². The molecule has 0 unspecified atom stereocenters. The Kier molecular flexibility index (Phi) is 5.21. The first kappa shape index (κ1) is 19.2. The minimum atomic E-state index is -0.426. The Morgan fingerprint density at radius 3 is 2.80 bits per heavy atom. The van der Waals surface area contributed by atoms with Crippen molar-refractivity contribution in [1.29, 1.82) is 0 Å². The predicted octanol–water partition coefficient (Wildman–Crippen LogP) is 2.55. The molecule has 0 spiro atoms. The zero-order valence-corrected chi connectivity index (χ0v) is 16.7. The molecule has 152 valence electrons. The van der Waals surface area contributed by atoms with Crippen LogP contribution in [0.25, 0.3) is 11.4 Å². The van der Waals surface area contributed by atoms with E-state index < -0.39 is 5.91 Å². The van der Waals surface area contributed by atoms with Crippen molar-refractivity contribution in [2.75, 3.05) is 5.32 Å². The third kappa shape index (κ3) is 4.17. The summed E-state index contributed by atoms with van der Waals surface area (Å²) >= 11 is 0. The highest BCUT2D eigenvalue weighted by Gasteiger charge is 2.17. The first-order valence-electron chi connectivity index (χ1n) is 9.24. The van der Waals surface area contributed by atoms with Crippen molar-refractivity contribution < 1.29 is 9.21 Å². The van der Waals surface area contributed by atoms with E-state index in [-0.39, 0.29) is 12.4 Å². The molecule has 10 nitrogen and oxygen atoms in total. The smallest absolute Gasteiger partial charge is 0.307 e. The van der Waals surface area contributed by atoms with Crippen LogP contribution in [0.5, 0.6) is 0 Å². The van der Waals surface area contributed by atoms with E-state index in [1.807, 2.05) is 39.1 Å². The summed E-state index contributed by atoms with van der Waals surface area (Å²) in [6.07, 6.45) is 6.46. The number of aryl methyl sites for hydroxylation is 3. The number of amides is 1. The summed E-state index contributed by atoms with van der Waals surface area (Å²) in [4.78, 5) is 29.7. The molecule has 0 saturated heterocycles. The Hall–Kier alpha value is -4.08. The van der Waals surface area contributed by atoms with Gasteiger partial charge in [0.1, 0.15) is 23.5 Å². The summed E-state index contributed by atoms with van der Waals surface area (Å²) in [5.41, 5.74) is 3.64. The van der Waals surface area contributed by atoms with Crippen molar-refractivity contribution in [3.05, 3.63) is 65.8 Å². The molecule has 0 fully saturated rings. The highest BCUT2D eigenvalue weighted by molar-refractivity contribution is 5.90. The van der Waals surface area contributed by atoms with Gasteiger partial charge in [-0.1, -0.05) is 0 Å². The highest BCUT2D eigenvalue weighted by Crippen LogP contribution is 2.22. The molecule has 0 aliphatic rings. The number of rotatable bonds is 6. The molecule has 0 atom stereocenters. The van der Waals surface area contributed by atoms with Gasteiger partial charge in [0.05, 0.1) is 18.4 Å². The van der Waals surface area contributed by atoms with Gasteiger partial charge in [-0.05, 0) is 37.1 Å². The van der Waals surface area contributed by atoms with E-state index in [4.69, 9.17) is 4.42 Å². The van der Waals surface area contributed by atoms with E-state index >= 15 is 0 Å². The van der Waals surface area contributed by atoms with E-state index in [0.717, 1.165) is 22.6 Å². The Labute approximate surface area is 172 Å². The summed E-state index contributed by atoms with van der Waals surface area (Å²) in [6.45, 7) is 4.11. The summed E-state index contributed by atoms with van der Waals surface area (Å²) in [6, 6.07) is 5.61. The topological polar surface area (TPSA) is 124 Å². The first-order chi connectivity index (χ1) is 14.5. The van der Waals surface area contributed by atoms with Crippen LogP contribution in [0.1, 0.15) is 27.5 Å². The minimum absolute atomic E-state index is 0.0446. The molecule has 2 N–H and O–H groups in total. The van der Waals surface area contributed by atoms with E-state index in [2.05, 4.69) is 35.7 Å². The Morgan fingerprint density at radius 1 is 1.17 bits per heavy atom. The quantitative estimate of drug-likeness (QED) is 0.502. The summed E-state index contributed by atoms with van der Waals surface area (Å²) in [5.74, 6) is 0.662. The van der Waals surface area contributed by atoms with E-state index in [9.17, 15) is 4.79 Å². The SMILES string of the molecule is Cc1ccnc(CNC(=O)c2nc(-c3nc(Nc4ccnn4C)ncc3C)co2)c1. The lowest BCUT2D eigenvalue weighted by Gasteiger charge is -2.07. The Morgan fingerprint density at radius 2 is 2.03 bits per heavy atom. The molecule has 0 radical (unpaired) electrons. The number of anilines is 2. The molecule has 0 aliphatic heterocycles. The van der Waals surface area contributed by atoms with Crippen LogP contribution in [-0.2, 0) is 13.6 Å². The zero-order chi connectivity index (χ0) is 21.1. The van der Waals surface area contributed by atoms with Crippen LogP contribution in [0.4, 0.5) is 11.8 Å². The minimum Gasteiger partial charge on any atom is -0.440 e. The van der Waals surface area contributed by atoms with Gasteiger partial charge in [0.25, 0.3) is 5.89 Å². The molecule has 4 rings (SSSR count). The van der Waals surface area contributed by atoms with Crippen LogP contribution in [0.3, 0.4) is 0 Å². The lowest BCUT2D eigenvalue weighted by molar-refractivity contribution is 0.0915. The van der Waals surface area contributed by atoms with Gasteiger partial charge in [-0.3, -0.25) is 14.5 Å². The third-order valence-corrected chi connectivity index (χ3v) is 4.38. The number of nitrogens with one attached hydrogen (secondary N) is 2. The molecule has 0 aromatic carbocycles. The summed E-state index contributed by atoms with van der Waals surface area (Å²) < 4.78 is 7.05. The number of oxazole rings is 1. The van der Waals surface area contributed by atoms with Gasteiger partial charge < -0.3 is 15.1 Å². The molecule has 0 saturated carbocycles. The maximum absolute atomic E-state index is 12.4. The average Bonchev–Trinajstić information content (AvgIpc) is 3.37. The van der Waals surface area contributed by atoms with Crippen LogP contribution >= 0.6 is 0 Å². The maximum atomic E-state index is 12.4. The number of hydrogen-bond donors (Lipinski definition) is 2. The van der Waals surface area contributed by atoms with Gasteiger partial charge >= 0.3 is 5.91 Å². The van der Waals surface area contributed by atoms with Gasteiger partial charge in [0, 0.05) is 25.5 Å². The zero-order valence-electron chi connectivity index (χ0n) is 16.7. The number of carbonyl (C=O) groups is 1. The van der Waals surface area contributed by atoms with Crippen molar-refractivity contribution in [2.24, 2.45) is 7.05 Å². The van der Waals surface area contributed by atoms with Crippen molar-refractivity contribution in [3.8, 4) is 11.4 Å². The van der Waals surface area contributed by atoms with Gasteiger partial charge in [0.15, 0.2) is 0 Å². The van der Waals surface area contributed by atoms with Crippen LogP contribution in [0, 0.1) is 13.8 Å². The molecular formula is C20H20N8O2. The molecular weight excluding hydrogens is 384 g/mol. The standard InChI is InChI=1S/C20H20N8O2/c1-12-4-6-21-14(8-12)10-22-18(29)19-25-15(11-30-19)17-13(2)9-23-20(27-17)26-16-5-7-24-28(16)3/h4-9,11H,10H2,1-3H3,(H,22,29)(H,23,26,27). The van der Waals surface area contributed by atoms with Crippen molar-refractivity contribution in [1.82, 2.24) is 35.0 Å². The monoisotopic (exact) mass is 404 g/mol. The van der Waals surface area contributed by atoms with Crippen molar-refractivity contribution in [2.45, 2.75) is 20.4 Å². The van der Waals surface area contributed by atoms with Crippen LogP contribution in [0.2, 0.25) is 0 Å². The van der Waals surface area contributed by atoms with E-state index in [0.29, 0.717) is 17.3 Å². The average molecular weight is 404 g/mol. The van der Waals surface area contributed by atoms with Crippen molar-refractivity contribution in [3.63, 3.8) is 0 Å². The van der Waals surface area contributed by atoms with Gasteiger partial charge in [-0.25, -0.2) is 15.0 Å². The summed E-state index contributed by atoms with van der Waals surface area (Å²) in [5, 5.41) is 9.95. The normalized spacial score (nSPS) is 10.8. The van der Waals surface area contributed by atoms with Crippen LogP contribution in [-0.4, -0.2) is 35.6 Å². The van der Waals surface area contributed by atoms with E-state index in [1.165, 1.54) is 6.26 Å². The first-order valence-corrected chi connectivity index (χ1v) is 9.24. The summed E-state index contributed by atoms with van der Waals surface area (Å²) in [7, 11) is 1.81. The fourth-order valence-electron chi connectivity index (χ4n) is 2.80. The maximum Gasteiger partial charge on any atom is 0.307 e. The number of hydrogen-bond acceptors (Lipinski definition) is 8. The number of aromatic nitrogens is 6. The fraction of sp³-hybridized carbons (Fsp3) is 0.200. The molecule has 10 heteroatoms. The predicted molar refractivity (Wildman–Crippen MR) is 109 cm³/mol. The second-order valence-corrected chi connectivity index (χ2v) is 6.74. The van der Waals surface area contributed by atoms with Gasteiger partial charge in [-0.15, -0.1) is 0 Å². The molecule has 0 bridgehead atoms. The Balaban J connectivity index is 1.49. The molecule has 30 heavy (non-hydrogen) atoms. The second-order valence-electron chi connectivity index (χ2n) is 6.74. The fourth-order valence-corrected chi connectivity index (χ4v) is 2.80. The number of nitrogens with zero attached hydrogens (tertiary/aromatic N) is 6. The van der Waals surface area contributed by atoms with Crippen molar-refractivity contribution >= 4 is 17.7 Å². The second kappa shape index (κ2) is 8.11. The molecule has 0 aliphatic carbocycles. The van der Waals surface area contributed by atoms with Crippen LogP contribution in [0.15, 0.2) is 47.5 Å². The number of pyridine rings is 1. The molecule has 4 heterocycles. The Bertz CT molecular complexity index is 1200. The third-order valence-electron chi connectivity index (χ3n) is 4.38. The number of carbonyl (C=O) groups excluding carboxylic acids is 1. The lowest BCUT2D eigenvalue weighted by Crippen LogP contribution is -2.23. The highest BCUT2D eigenvalue weighted by atomic mass is 16.4.